The fourth-order valence-corrected chi connectivity index (χ4v) is 3.74. The van der Waals surface area contributed by atoms with E-state index in [-0.39, 0.29) is 12.3 Å². The summed E-state index contributed by atoms with van der Waals surface area (Å²) in [6.07, 6.45) is 6.66. The van der Waals surface area contributed by atoms with Gasteiger partial charge in [0.15, 0.2) is 10.9 Å². The Labute approximate surface area is 142 Å². The van der Waals surface area contributed by atoms with Gasteiger partial charge >= 0.3 is 0 Å². The van der Waals surface area contributed by atoms with Crippen LogP contribution in [-0.2, 0) is 24.1 Å². The molecule has 1 amide bonds. The Kier molecular flexibility index (Phi) is 4.12. The zero-order chi connectivity index (χ0) is 16.4. The molecule has 124 valence electrons. The van der Waals surface area contributed by atoms with Crippen molar-refractivity contribution in [2.45, 2.75) is 38.5 Å². The summed E-state index contributed by atoms with van der Waals surface area (Å²) in [5, 5.41) is 7.40. The van der Waals surface area contributed by atoms with E-state index in [1.807, 2.05) is 0 Å². The molecule has 4 rings (SSSR count). The second kappa shape index (κ2) is 6.56. The van der Waals surface area contributed by atoms with Crippen molar-refractivity contribution in [2.75, 3.05) is 5.32 Å². The number of nitrogens with one attached hydrogen (secondary N) is 1. The van der Waals surface area contributed by atoms with E-state index in [0.29, 0.717) is 29.0 Å². The highest BCUT2D eigenvalue weighted by molar-refractivity contribution is 7.15. The van der Waals surface area contributed by atoms with Gasteiger partial charge in [-0.05, 0) is 37.8 Å². The smallest absolute Gasteiger partial charge is 0.238 e. The van der Waals surface area contributed by atoms with Crippen LogP contribution in [0.4, 0.5) is 5.13 Å². The van der Waals surface area contributed by atoms with E-state index in [1.54, 1.807) is 29.7 Å². The van der Waals surface area contributed by atoms with Crippen molar-refractivity contribution in [2.24, 2.45) is 0 Å². The molecular weight excluding hydrogens is 328 g/mol. The third-order valence-corrected chi connectivity index (χ3v) is 4.94. The van der Waals surface area contributed by atoms with Gasteiger partial charge in [0.2, 0.25) is 17.6 Å². The van der Waals surface area contributed by atoms with E-state index in [4.69, 9.17) is 8.94 Å². The molecule has 0 saturated carbocycles. The summed E-state index contributed by atoms with van der Waals surface area (Å²) < 4.78 is 10.3. The third kappa shape index (κ3) is 3.23. The molecule has 1 N–H and O–H groups in total. The first-order valence-corrected chi connectivity index (χ1v) is 8.74. The second-order valence-corrected chi connectivity index (χ2v) is 6.72. The first-order valence-electron chi connectivity index (χ1n) is 7.93. The molecule has 1 aliphatic carbocycles. The van der Waals surface area contributed by atoms with Crippen molar-refractivity contribution in [3.8, 4) is 11.6 Å². The van der Waals surface area contributed by atoms with E-state index in [2.05, 4.69) is 20.4 Å². The second-order valence-electron chi connectivity index (χ2n) is 5.63. The highest BCUT2D eigenvalue weighted by Crippen LogP contribution is 2.29. The van der Waals surface area contributed by atoms with Crippen molar-refractivity contribution in [1.82, 2.24) is 15.1 Å². The summed E-state index contributed by atoms with van der Waals surface area (Å²) >= 11 is 1.58. The van der Waals surface area contributed by atoms with Gasteiger partial charge in [0.25, 0.3) is 0 Å². The summed E-state index contributed by atoms with van der Waals surface area (Å²) in [5.74, 6) is 1.25. The minimum absolute atomic E-state index is 0.0983. The van der Waals surface area contributed by atoms with Crippen LogP contribution in [0.3, 0.4) is 0 Å². The van der Waals surface area contributed by atoms with Gasteiger partial charge in [-0.25, -0.2) is 4.98 Å². The molecule has 1 aliphatic rings. The summed E-state index contributed by atoms with van der Waals surface area (Å²) in [6.45, 7) is 0. The highest BCUT2D eigenvalue weighted by atomic mass is 32.1. The first kappa shape index (κ1) is 15.1. The fraction of sp³-hybridized carbons (Fsp3) is 0.375. The zero-order valence-electron chi connectivity index (χ0n) is 12.9. The summed E-state index contributed by atoms with van der Waals surface area (Å²) in [5.41, 5.74) is 1.14. The lowest BCUT2D eigenvalue weighted by Crippen LogP contribution is -2.12. The normalized spacial score (nSPS) is 13.7. The van der Waals surface area contributed by atoms with Crippen LogP contribution < -0.4 is 5.32 Å². The molecule has 7 nitrogen and oxygen atoms in total. The molecule has 0 atom stereocenters. The number of hydrogen-bond acceptors (Lipinski definition) is 7. The predicted octanol–water partition coefficient (Wildman–Crippen LogP) is 3.24. The van der Waals surface area contributed by atoms with Crippen LogP contribution >= 0.6 is 11.3 Å². The van der Waals surface area contributed by atoms with Gasteiger partial charge in [-0.1, -0.05) is 5.16 Å². The number of nitrogens with zero attached hydrogens (tertiary/aromatic N) is 3. The third-order valence-electron chi connectivity index (χ3n) is 3.87. The molecule has 24 heavy (non-hydrogen) atoms. The van der Waals surface area contributed by atoms with Gasteiger partial charge < -0.3 is 14.3 Å². The number of carbonyl (C=O) groups is 1. The van der Waals surface area contributed by atoms with E-state index in [1.165, 1.54) is 17.7 Å². The molecule has 0 radical (unpaired) electrons. The van der Waals surface area contributed by atoms with Crippen LogP contribution in [0.5, 0.6) is 0 Å². The maximum Gasteiger partial charge on any atom is 0.238 e. The van der Waals surface area contributed by atoms with E-state index in [0.717, 1.165) is 18.5 Å². The Morgan fingerprint density at radius 3 is 3.04 bits per heavy atom. The minimum atomic E-state index is -0.0983. The number of anilines is 1. The van der Waals surface area contributed by atoms with Crippen LogP contribution in [-0.4, -0.2) is 21.0 Å². The monoisotopic (exact) mass is 344 g/mol. The van der Waals surface area contributed by atoms with Crippen LogP contribution in [0.1, 0.15) is 35.7 Å². The largest absolute Gasteiger partial charge is 0.461 e. The number of furan rings is 1. The summed E-state index contributed by atoms with van der Waals surface area (Å²) in [7, 11) is 0. The van der Waals surface area contributed by atoms with Crippen LogP contribution in [0.2, 0.25) is 0 Å². The van der Waals surface area contributed by atoms with Crippen LogP contribution in [0.15, 0.2) is 27.3 Å². The highest BCUT2D eigenvalue weighted by Gasteiger charge is 2.17. The maximum absolute atomic E-state index is 12.1. The van der Waals surface area contributed by atoms with Gasteiger partial charge in [0.05, 0.1) is 12.0 Å². The standard InChI is InChI=1S/C16H16N4O3S/c21-13(18-16-17-10-4-1-2-6-12(10)24-16)7-8-14-19-15(20-23-14)11-5-3-9-22-11/h3,5,9H,1-2,4,6-8H2,(H,17,18,21). The average Bonchev–Trinajstić information content (AvgIpc) is 3.31. The molecular formula is C16H16N4O3S. The van der Waals surface area contributed by atoms with Gasteiger partial charge in [0, 0.05) is 17.7 Å². The number of fused-ring (bicyclic) bond motifs is 1. The minimum Gasteiger partial charge on any atom is -0.461 e. The van der Waals surface area contributed by atoms with E-state index >= 15 is 0 Å². The first-order chi connectivity index (χ1) is 11.8. The number of thiazole rings is 1. The van der Waals surface area contributed by atoms with Gasteiger partial charge in [-0.15, -0.1) is 11.3 Å². The lowest BCUT2D eigenvalue weighted by molar-refractivity contribution is -0.116. The van der Waals surface area contributed by atoms with Crippen molar-refractivity contribution in [3.05, 3.63) is 34.9 Å². The topological polar surface area (TPSA) is 94.0 Å². The molecule has 0 spiro atoms. The van der Waals surface area contributed by atoms with Gasteiger partial charge in [0.1, 0.15) is 0 Å². The number of aryl methyl sites for hydroxylation is 3. The molecule has 0 unspecified atom stereocenters. The molecule has 3 aromatic heterocycles. The maximum atomic E-state index is 12.1. The number of carbonyl (C=O) groups excluding carboxylic acids is 1. The Morgan fingerprint density at radius 1 is 1.29 bits per heavy atom. The predicted molar refractivity (Wildman–Crippen MR) is 87.7 cm³/mol. The average molecular weight is 344 g/mol. The van der Waals surface area contributed by atoms with Crippen molar-refractivity contribution in [3.63, 3.8) is 0 Å². The summed E-state index contributed by atoms with van der Waals surface area (Å²) in [4.78, 5) is 22.1. The van der Waals surface area contributed by atoms with Crippen LogP contribution in [0.25, 0.3) is 11.6 Å². The quantitative estimate of drug-likeness (QED) is 0.763. The molecule has 8 heteroatoms. The fourth-order valence-electron chi connectivity index (χ4n) is 2.67. The Bertz CT molecular complexity index is 814. The lowest BCUT2D eigenvalue weighted by atomic mass is 10.0. The van der Waals surface area contributed by atoms with Crippen molar-refractivity contribution >= 4 is 22.4 Å². The number of aromatic nitrogens is 3. The molecule has 0 saturated heterocycles. The molecule has 0 bridgehead atoms. The zero-order valence-corrected chi connectivity index (χ0v) is 13.8. The SMILES string of the molecule is O=C(CCc1nc(-c2ccco2)no1)Nc1nc2c(s1)CCCC2. The molecule has 3 heterocycles. The van der Waals surface area contributed by atoms with E-state index < -0.39 is 0 Å². The number of amides is 1. The molecule has 0 aliphatic heterocycles. The Morgan fingerprint density at radius 2 is 2.21 bits per heavy atom. The molecule has 0 fully saturated rings. The lowest BCUT2D eigenvalue weighted by Gasteiger charge is -2.06. The number of hydrogen-bond donors (Lipinski definition) is 1. The van der Waals surface area contributed by atoms with Crippen molar-refractivity contribution < 1.29 is 13.7 Å². The molecule has 3 aromatic rings. The van der Waals surface area contributed by atoms with Gasteiger partial charge in [-0.2, -0.15) is 4.98 Å². The summed E-state index contributed by atoms with van der Waals surface area (Å²) in [6, 6.07) is 3.51. The Balaban J connectivity index is 1.33. The van der Waals surface area contributed by atoms with Gasteiger partial charge in [-0.3, -0.25) is 4.79 Å². The molecule has 0 aromatic carbocycles. The number of rotatable bonds is 5. The van der Waals surface area contributed by atoms with Crippen LogP contribution in [0, 0.1) is 0 Å². The van der Waals surface area contributed by atoms with E-state index in [9.17, 15) is 4.79 Å². The Hall–Kier alpha value is -2.48. The van der Waals surface area contributed by atoms with Crippen molar-refractivity contribution in [1.29, 1.82) is 0 Å².